The average molecular weight is 360 g/mol. The maximum absolute atomic E-state index is 13.5. The fourth-order valence-corrected chi connectivity index (χ4v) is 5.12. The van der Waals surface area contributed by atoms with Crippen molar-refractivity contribution in [2.24, 2.45) is 5.92 Å². The zero-order chi connectivity index (χ0) is 17.2. The molecule has 0 aliphatic carbocycles. The molecular formula is C16H22F2N2O3S. The monoisotopic (exact) mass is 360 g/mol. The topological polar surface area (TPSA) is 67.4 Å². The van der Waals surface area contributed by atoms with E-state index in [2.05, 4.69) is 10.0 Å². The van der Waals surface area contributed by atoms with E-state index in [1.165, 1.54) is 6.07 Å². The summed E-state index contributed by atoms with van der Waals surface area (Å²) in [4.78, 5) is 0. The minimum Gasteiger partial charge on any atom is -0.381 e. The molecule has 2 saturated heterocycles. The van der Waals surface area contributed by atoms with E-state index in [1.807, 2.05) is 0 Å². The molecule has 2 aliphatic rings. The van der Waals surface area contributed by atoms with Crippen LogP contribution in [0.2, 0.25) is 0 Å². The highest BCUT2D eigenvalue weighted by Crippen LogP contribution is 2.27. The van der Waals surface area contributed by atoms with Crippen molar-refractivity contribution < 1.29 is 21.9 Å². The van der Waals surface area contributed by atoms with Crippen molar-refractivity contribution in [3.63, 3.8) is 0 Å². The highest BCUT2D eigenvalue weighted by Gasteiger charge is 2.32. The molecule has 1 aromatic rings. The van der Waals surface area contributed by atoms with E-state index < -0.39 is 21.7 Å². The molecule has 2 aliphatic heterocycles. The summed E-state index contributed by atoms with van der Waals surface area (Å²) >= 11 is 0. The van der Waals surface area contributed by atoms with Crippen molar-refractivity contribution in [3.05, 3.63) is 35.4 Å². The van der Waals surface area contributed by atoms with Gasteiger partial charge in [0.25, 0.3) is 0 Å². The van der Waals surface area contributed by atoms with Gasteiger partial charge < -0.3 is 10.1 Å². The largest absolute Gasteiger partial charge is 0.381 e. The molecule has 0 radical (unpaired) electrons. The normalized spacial score (nSPS) is 28.2. The van der Waals surface area contributed by atoms with Crippen LogP contribution in [0.25, 0.3) is 0 Å². The summed E-state index contributed by atoms with van der Waals surface area (Å²) in [5, 5.41) is 3.16. The van der Waals surface area contributed by atoms with Crippen LogP contribution >= 0.6 is 0 Å². The molecule has 1 aromatic carbocycles. The minimum atomic E-state index is -3.46. The standard InChI is InChI=1S/C16H22F2N2O3S/c17-14-2-1-12(7-15(14)18)13-3-5-19-8-16(13)20-24(21,22)10-11-4-6-23-9-11/h1-2,7,11,13,16,19-20H,3-6,8-10H2. The molecular weight excluding hydrogens is 338 g/mol. The number of hydrogen-bond acceptors (Lipinski definition) is 4. The van der Waals surface area contributed by atoms with E-state index in [4.69, 9.17) is 4.74 Å². The van der Waals surface area contributed by atoms with Gasteiger partial charge in [-0.05, 0) is 43.0 Å². The summed E-state index contributed by atoms with van der Waals surface area (Å²) in [6.45, 7) is 2.24. The van der Waals surface area contributed by atoms with Crippen LogP contribution in [0.5, 0.6) is 0 Å². The number of ether oxygens (including phenoxy) is 1. The Hall–Kier alpha value is -1.09. The van der Waals surface area contributed by atoms with Crippen molar-refractivity contribution >= 4 is 10.0 Å². The summed E-state index contributed by atoms with van der Waals surface area (Å²) in [5.74, 6) is -1.94. The van der Waals surface area contributed by atoms with Gasteiger partial charge in [0.2, 0.25) is 10.0 Å². The fraction of sp³-hybridized carbons (Fsp3) is 0.625. The Labute approximate surface area is 140 Å². The van der Waals surface area contributed by atoms with Gasteiger partial charge in [0.05, 0.1) is 12.4 Å². The minimum absolute atomic E-state index is 0.0146. The van der Waals surface area contributed by atoms with E-state index >= 15 is 0 Å². The second-order valence-electron chi connectivity index (χ2n) is 6.51. The van der Waals surface area contributed by atoms with Gasteiger partial charge in [-0.25, -0.2) is 21.9 Å². The first-order chi connectivity index (χ1) is 11.4. The molecule has 2 N–H and O–H groups in total. The lowest BCUT2D eigenvalue weighted by atomic mass is 9.86. The number of hydrogen-bond donors (Lipinski definition) is 2. The van der Waals surface area contributed by atoms with Gasteiger partial charge in [0.1, 0.15) is 0 Å². The third kappa shape index (κ3) is 4.30. The van der Waals surface area contributed by atoms with Crippen LogP contribution in [0.15, 0.2) is 18.2 Å². The molecule has 8 heteroatoms. The maximum Gasteiger partial charge on any atom is 0.212 e. The second-order valence-corrected chi connectivity index (χ2v) is 8.31. The van der Waals surface area contributed by atoms with E-state index in [0.29, 0.717) is 38.3 Å². The van der Waals surface area contributed by atoms with Crippen LogP contribution in [-0.2, 0) is 14.8 Å². The van der Waals surface area contributed by atoms with Gasteiger partial charge in [-0.3, -0.25) is 0 Å². The third-order valence-electron chi connectivity index (χ3n) is 4.66. The fourth-order valence-electron chi connectivity index (χ4n) is 3.43. The van der Waals surface area contributed by atoms with Crippen molar-refractivity contribution in [1.82, 2.24) is 10.0 Å². The van der Waals surface area contributed by atoms with Crippen LogP contribution in [-0.4, -0.2) is 46.5 Å². The number of nitrogens with one attached hydrogen (secondary N) is 2. The molecule has 134 valence electrons. The SMILES string of the molecule is O=S(=O)(CC1CCOC1)NC1CNCCC1c1ccc(F)c(F)c1. The molecule has 3 atom stereocenters. The van der Waals surface area contributed by atoms with Crippen molar-refractivity contribution in [2.45, 2.75) is 24.8 Å². The van der Waals surface area contributed by atoms with Crippen molar-refractivity contribution in [2.75, 3.05) is 32.1 Å². The van der Waals surface area contributed by atoms with Crippen LogP contribution in [0.4, 0.5) is 8.78 Å². The highest BCUT2D eigenvalue weighted by atomic mass is 32.2. The Morgan fingerprint density at radius 1 is 1.25 bits per heavy atom. The molecule has 2 heterocycles. The van der Waals surface area contributed by atoms with Crippen LogP contribution in [0, 0.1) is 17.6 Å². The van der Waals surface area contributed by atoms with E-state index in [9.17, 15) is 17.2 Å². The van der Waals surface area contributed by atoms with Crippen LogP contribution < -0.4 is 10.0 Å². The number of rotatable bonds is 5. The number of benzene rings is 1. The zero-order valence-electron chi connectivity index (χ0n) is 13.3. The summed E-state index contributed by atoms with van der Waals surface area (Å²) in [7, 11) is -3.46. The Morgan fingerprint density at radius 3 is 2.79 bits per heavy atom. The second kappa shape index (κ2) is 7.43. The van der Waals surface area contributed by atoms with Crippen molar-refractivity contribution in [3.8, 4) is 0 Å². The van der Waals surface area contributed by atoms with Gasteiger partial charge in [-0.1, -0.05) is 6.07 Å². The summed E-state index contributed by atoms with van der Waals surface area (Å²) in [5.41, 5.74) is 0.618. The average Bonchev–Trinajstić information content (AvgIpc) is 3.02. The molecule has 0 bridgehead atoms. The predicted octanol–water partition coefficient (Wildman–Crippen LogP) is 1.37. The van der Waals surface area contributed by atoms with Crippen LogP contribution in [0.3, 0.4) is 0 Å². The zero-order valence-corrected chi connectivity index (χ0v) is 14.1. The Balaban J connectivity index is 1.72. The summed E-state index contributed by atoms with van der Waals surface area (Å²) in [6, 6.07) is 3.41. The maximum atomic E-state index is 13.5. The Morgan fingerprint density at radius 2 is 2.08 bits per heavy atom. The Bertz CT molecular complexity index is 678. The first-order valence-corrected chi connectivity index (χ1v) is 9.83. The lowest BCUT2D eigenvalue weighted by molar-refractivity contribution is 0.188. The number of sulfonamides is 1. The molecule has 24 heavy (non-hydrogen) atoms. The van der Waals surface area contributed by atoms with Gasteiger partial charge in [0.15, 0.2) is 11.6 Å². The molecule has 2 fully saturated rings. The lowest BCUT2D eigenvalue weighted by Crippen LogP contribution is -2.50. The lowest BCUT2D eigenvalue weighted by Gasteiger charge is -2.33. The van der Waals surface area contributed by atoms with Gasteiger partial charge in [-0.15, -0.1) is 0 Å². The smallest absolute Gasteiger partial charge is 0.212 e. The summed E-state index contributed by atoms with van der Waals surface area (Å²) < 4.78 is 59.5. The molecule has 0 spiro atoms. The molecule has 0 aromatic heterocycles. The first kappa shape index (κ1) is 17.7. The summed E-state index contributed by atoms with van der Waals surface area (Å²) in [6.07, 6.45) is 1.40. The quantitative estimate of drug-likeness (QED) is 0.832. The molecule has 0 amide bonds. The van der Waals surface area contributed by atoms with Crippen LogP contribution in [0.1, 0.15) is 24.3 Å². The predicted molar refractivity (Wildman–Crippen MR) is 86.2 cm³/mol. The molecule has 0 saturated carbocycles. The van der Waals surface area contributed by atoms with Crippen molar-refractivity contribution in [1.29, 1.82) is 0 Å². The first-order valence-electron chi connectivity index (χ1n) is 8.18. The van der Waals surface area contributed by atoms with E-state index in [1.54, 1.807) is 0 Å². The van der Waals surface area contributed by atoms with Gasteiger partial charge in [-0.2, -0.15) is 0 Å². The molecule has 3 unspecified atom stereocenters. The Kier molecular flexibility index (Phi) is 5.49. The van der Waals surface area contributed by atoms with E-state index in [-0.39, 0.29) is 23.6 Å². The van der Waals surface area contributed by atoms with E-state index in [0.717, 1.165) is 18.6 Å². The molecule has 3 rings (SSSR count). The third-order valence-corrected chi connectivity index (χ3v) is 6.24. The number of halogens is 2. The van der Waals surface area contributed by atoms with Gasteiger partial charge >= 0.3 is 0 Å². The highest BCUT2D eigenvalue weighted by molar-refractivity contribution is 7.89. The molecule has 5 nitrogen and oxygen atoms in total. The number of piperidine rings is 1. The van der Waals surface area contributed by atoms with Gasteiger partial charge in [0, 0.05) is 25.1 Å².